The number of likely N-dealkylation sites (N-methyl/N-ethyl adjacent to an activating group) is 1. The van der Waals surface area contributed by atoms with Crippen LogP contribution in [-0.4, -0.2) is 47.9 Å². The quantitative estimate of drug-likeness (QED) is 0.421. The van der Waals surface area contributed by atoms with Gasteiger partial charge in [0.1, 0.15) is 24.2 Å². The number of aliphatic carboxylic acids is 1. The summed E-state index contributed by atoms with van der Waals surface area (Å²) in [7, 11) is 2.04. The summed E-state index contributed by atoms with van der Waals surface area (Å²) in [6.07, 6.45) is -0.202. The molecule has 5 rings (SSSR count). The minimum Gasteiger partial charge on any atom is -0.490 e. The molecule has 0 spiro atoms. The number of carboxylic acids is 1. The number of fused-ring (bicyclic) bond motifs is 2. The van der Waals surface area contributed by atoms with Crippen molar-refractivity contribution >= 4 is 28.5 Å². The Balaban J connectivity index is 1.29. The first-order valence-electron chi connectivity index (χ1n) is 11.9. The third-order valence-electron chi connectivity index (χ3n) is 6.50. The Morgan fingerprint density at radius 3 is 2.58 bits per heavy atom. The molecule has 0 radical (unpaired) electrons. The Morgan fingerprint density at radius 2 is 1.83 bits per heavy atom. The number of ether oxygens (including phenoxy) is 2. The predicted molar refractivity (Wildman–Crippen MR) is 139 cm³/mol. The zero-order valence-electron chi connectivity index (χ0n) is 20.5. The van der Waals surface area contributed by atoms with E-state index in [-0.39, 0.29) is 18.4 Å². The van der Waals surface area contributed by atoms with Gasteiger partial charge in [-0.15, -0.1) is 0 Å². The summed E-state index contributed by atoms with van der Waals surface area (Å²) >= 11 is 0. The third kappa shape index (κ3) is 4.52. The standard InChI is InChI=1S/C29H28N2O5/c1-18-7-12-26-27(13-18)36-23(16-30(26)3)17-35-22-10-8-20(9-11-22)29(34)31-19(2)14-24-21(15-28(32)33)5-4-6-25(24)31/h4-14,23H,15-17H2,1-3H3,(H,32,33)/t23-/m0/s1. The van der Waals surface area contributed by atoms with Crippen molar-refractivity contribution in [2.45, 2.75) is 26.4 Å². The van der Waals surface area contributed by atoms with Crippen LogP contribution in [0.25, 0.3) is 10.9 Å². The minimum atomic E-state index is -0.903. The van der Waals surface area contributed by atoms with E-state index in [1.165, 1.54) is 0 Å². The maximum Gasteiger partial charge on any atom is 0.307 e. The van der Waals surface area contributed by atoms with E-state index < -0.39 is 5.97 Å². The summed E-state index contributed by atoms with van der Waals surface area (Å²) in [5.41, 5.74) is 4.87. The van der Waals surface area contributed by atoms with Gasteiger partial charge in [-0.1, -0.05) is 18.2 Å². The van der Waals surface area contributed by atoms with Gasteiger partial charge in [-0.25, -0.2) is 0 Å². The van der Waals surface area contributed by atoms with E-state index in [1.807, 2.05) is 39.1 Å². The highest BCUT2D eigenvalue weighted by Gasteiger charge is 2.24. The molecule has 0 bridgehead atoms. The molecule has 0 aliphatic carbocycles. The van der Waals surface area contributed by atoms with Gasteiger partial charge in [0.15, 0.2) is 0 Å². The molecule has 184 valence electrons. The molecular formula is C29H28N2O5. The topological polar surface area (TPSA) is 81.0 Å². The van der Waals surface area contributed by atoms with Gasteiger partial charge in [0.25, 0.3) is 5.91 Å². The molecule has 0 unspecified atom stereocenters. The van der Waals surface area contributed by atoms with Crippen LogP contribution < -0.4 is 14.4 Å². The van der Waals surface area contributed by atoms with Crippen LogP contribution in [0.3, 0.4) is 0 Å². The number of hydrogen-bond acceptors (Lipinski definition) is 5. The van der Waals surface area contributed by atoms with Crippen molar-refractivity contribution in [2.75, 3.05) is 25.1 Å². The molecule has 4 aromatic rings. The molecule has 1 N–H and O–H groups in total. The van der Waals surface area contributed by atoms with Crippen LogP contribution in [0.15, 0.2) is 66.7 Å². The SMILES string of the molecule is Cc1ccc2c(c1)O[C@H](COc1ccc(C(=O)n3c(C)cc4c(CC(=O)O)cccc43)cc1)CN2C. The molecule has 0 saturated heterocycles. The monoisotopic (exact) mass is 484 g/mol. The van der Waals surface area contributed by atoms with E-state index in [9.17, 15) is 14.7 Å². The third-order valence-corrected chi connectivity index (χ3v) is 6.50. The molecular weight excluding hydrogens is 456 g/mol. The van der Waals surface area contributed by atoms with E-state index in [0.29, 0.717) is 29.0 Å². The molecule has 0 saturated carbocycles. The van der Waals surface area contributed by atoms with Crippen LogP contribution in [0.1, 0.15) is 27.2 Å². The van der Waals surface area contributed by atoms with Crippen LogP contribution >= 0.6 is 0 Å². The van der Waals surface area contributed by atoms with Gasteiger partial charge in [-0.05, 0) is 73.5 Å². The molecule has 0 amide bonds. The summed E-state index contributed by atoms with van der Waals surface area (Å²) < 4.78 is 13.8. The van der Waals surface area contributed by atoms with Crippen LogP contribution in [0.2, 0.25) is 0 Å². The molecule has 7 heteroatoms. The highest BCUT2D eigenvalue weighted by molar-refractivity contribution is 6.04. The molecule has 1 aliphatic rings. The van der Waals surface area contributed by atoms with Gasteiger partial charge < -0.3 is 19.5 Å². The zero-order valence-corrected chi connectivity index (χ0v) is 20.5. The summed E-state index contributed by atoms with van der Waals surface area (Å²) in [6.45, 7) is 5.00. The average molecular weight is 485 g/mol. The molecule has 0 fully saturated rings. The first-order chi connectivity index (χ1) is 17.3. The number of carbonyl (C=O) groups is 2. The lowest BCUT2D eigenvalue weighted by Gasteiger charge is -2.33. The lowest BCUT2D eigenvalue weighted by Crippen LogP contribution is -2.41. The van der Waals surface area contributed by atoms with Crippen molar-refractivity contribution in [3.05, 3.63) is 89.1 Å². The van der Waals surface area contributed by atoms with Crippen LogP contribution in [0.4, 0.5) is 5.69 Å². The minimum absolute atomic E-state index is 0.0906. The highest BCUT2D eigenvalue weighted by Crippen LogP contribution is 2.33. The van der Waals surface area contributed by atoms with E-state index in [2.05, 4.69) is 17.0 Å². The second-order valence-electron chi connectivity index (χ2n) is 9.27. The van der Waals surface area contributed by atoms with E-state index >= 15 is 0 Å². The maximum atomic E-state index is 13.4. The molecule has 1 aliphatic heterocycles. The fourth-order valence-corrected chi connectivity index (χ4v) is 4.76. The number of nitrogens with zero attached hydrogens (tertiary/aromatic N) is 2. The largest absolute Gasteiger partial charge is 0.490 e. The predicted octanol–water partition coefficient (Wildman–Crippen LogP) is 4.85. The Morgan fingerprint density at radius 1 is 1.06 bits per heavy atom. The molecule has 3 aromatic carbocycles. The number of aryl methyl sites for hydroxylation is 2. The summed E-state index contributed by atoms with van der Waals surface area (Å²) in [4.78, 5) is 26.8. The zero-order chi connectivity index (χ0) is 25.4. The van der Waals surface area contributed by atoms with Crippen molar-refractivity contribution in [1.29, 1.82) is 0 Å². The van der Waals surface area contributed by atoms with E-state index in [4.69, 9.17) is 9.47 Å². The van der Waals surface area contributed by atoms with Gasteiger partial charge in [0, 0.05) is 23.7 Å². The first-order valence-corrected chi connectivity index (χ1v) is 11.9. The van der Waals surface area contributed by atoms with Crippen molar-refractivity contribution < 1.29 is 24.2 Å². The first kappa shape index (κ1) is 23.5. The van der Waals surface area contributed by atoms with Crippen molar-refractivity contribution in [1.82, 2.24) is 4.57 Å². The second kappa shape index (κ2) is 9.41. The molecule has 1 atom stereocenters. The van der Waals surface area contributed by atoms with Crippen molar-refractivity contribution in [3.8, 4) is 11.5 Å². The van der Waals surface area contributed by atoms with Crippen LogP contribution in [0, 0.1) is 13.8 Å². The van der Waals surface area contributed by atoms with Crippen molar-refractivity contribution in [2.24, 2.45) is 0 Å². The number of benzene rings is 3. The van der Waals surface area contributed by atoms with Crippen molar-refractivity contribution in [3.63, 3.8) is 0 Å². The van der Waals surface area contributed by atoms with Crippen LogP contribution in [-0.2, 0) is 11.2 Å². The lowest BCUT2D eigenvalue weighted by atomic mass is 10.1. The normalized spacial score (nSPS) is 14.9. The fraction of sp³-hybridized carbons (Fsp3) is 0.241. The summed E-state index contributed by atoms with van der Waals surface area (Å²) in [5, 5.41) is 9.99. The Kier molecular flexibility index (Phi) is 6.14. The molecule has 36 heavy (non-hydrogen) atoms. The second-order valence-corrected chi connectivity index (χ2v) is 9.27. The number of carbonyl (C=O) groups excluding carboxylic acids is 1. The number of rotatable bonds is 6. The number of anilines is 1. The number of hydrogen-bond donors (Lipinski definition) is 1. The summed E-state index contributed by atoms with van der Waals surface area (Å²) in [6, 6.07) is 20.5. The highest BCUT2D eigenvalue weighted by atomic mass is 16.5. The number of aromatic nitrogens is 1. The van der Waals surface area contributed by atoms with Gasteiger partial charge >= 0.3 is 5.97 Å². The molecule has 2 heterocycles. The van der Waals surface area contributed by atoms with Gasteiger partial charge in [0.2, 0.25) is 0 Å². The van der Waals surface area contributed by atoms with Gasteiger partial charge in [0.05, 0.1) is 24.2 Å². The Bertz CT molecular complexity index is 1450. The van der Waals surface area contributed by atoms with Gasteiger partial charge in [-0.3, -0.25) is 14.2 Å². The lowest BCUT2D eigenvalue weighted by molar-refractivity contribution is -0.136. The van der Waals surface area contributed by atoms with E-state index in [1.54, 1.807) is 41.0 Å². The Labute approximate surface area is 209 Å². The molecule has 7 nitrogen and oxygen atoms in total. The number of carboxylic acid groups (broad SMARTS) is 1. The average Bonchev–Trinajstić information content (AvgIpc) is 3.19. The van der Waals surface area contributed by atoms with Crippen LogP contribution in [0.5, 0.6) is 11.5 Å². The smallest absolute Gasteiger partial charge is 0.307 e. The maximum absolute atomic E-state index is 13.4. The van der Waals surface area contributed by atoms with E-state index in [0.717, 1.165) is 34.6 Å². The summed E-state index contributed by atoms with van der Waals surface area (Å²) in [5.74, 6) is 0.440. The van der Waals surface area contributed by atoms with Gasteiger partial charge in [-0.2, -0.15) is 0 Å². The Hall–Kier alpha value is -4.26. The molecule has 1 aromatic heterocycles. The fourth-order valence-electron chi connectivity index (χ4n) is 4.76.